The predicted octanol–water partition coefficient (Wildman–Crippen LogP) is 2.24. The molecule has 0 radical (unpaired) electrons. The van der Waals surface area contributed by atoms with Crippen molar-refractivity contribution < 1.29 is 14.6 Å². The van der Waals surface area contributed by atoms with Crippen LogP contribution in [0.2, 0.25) is 0 Å². The molecule has 5 nitrogen and oxygen atoms in total. The highest BCUT2D eigenvalue weighted by Gasteiger charge is 2.11. The van der Waals surface area contributed by atoms with Gasteiger partial charge >= 0.3 is 6.03 Å². The third-order valence-corrected chi connectivity index (χ3v) is 2.68. The number of ether oxygens (including phenoxy) is 1. The largest absolute Gasteiger partial charge is 0.395 e. The standard InChI is InChI=1S/C15H22N2O3/c1-3-9-17(10-11-18)15(19)16-14-7-5-13(6-8-14)12-20-4-2/h3,5-8,18H,1,4,9-12H2,2H3,(H,16,19). The summed E-state index contributed by atoms with van der Waals surface area (Å²) in [5.41, 5.74) is 1.77. The minimum Gasteiger partial charge on any atom is -0.395 e. The van der Waals surface area contributed by atoms with E-state index in [1.807, 2.05) is 31.2 Å². The summed E-state index contributed by atoms with van der Waals surface area (Å²) < 4.78 is 5.31. The molecule has 0 saturated carbocycles. The van der Waals surface area contributed by atoms with E-state index >= 15 is 0 Å². The number of carbonyl (C=O) groups is 1. The van der Waals surface area contributed by atoms with Crippen LogP contribution in [0.4, 0.5) is 10.5 Å². The van der Waals surface area contributed by atoms with Crippen LogP contribution in [-0.4, -0.2) is 42.3 Å². The van der Waals surface area contributed by atoms with Gasteiger partial charge in [0.2, 0.25) is 0 Å². The summed E-state index contributed by atoms with van der Waals surface area (Å²) in [6.07, 6.45) is 1.63. The predicted molar refractivity (Wildman–Crippen MR) is 79.6 cm³/mol. The minimum atomic E-state index is -0.253. The molecule has 2 N–H and O–H groups in total. The summed E-state index contributed by atoms with van der Waals surface area (Å²) >= 11 is 0. The first-order valence-corrected chi connectivity index (χ1v) is 6.65. The number of rotatable bonds is 8. The third kappa shape index (κ3) is 5.42. The Labute approximate surface area is 119 Å². The topological polar surface area (TPSA) is 61.8 Å². The molecule has 2 amide bonds. The van der Waals surface area contributed by atoms with Crippen LogP contribution in [0, 0.1) is 0 Å². The Balaban J connectivity index is 2.57. The van der Waals surface area contributed by atoms with Gasteiger partial charge in [0.05, 0.1) is 13.2 Å². The second-order valence-corrected chi connectivity index (χ2v) is 4.22. The minimum absolute atomic E-state index is 0.0748. The molecule has 0 aliphatic rings. The second-order valence-electron chi connectivity index (χ2n) is 4.22. The fraction of sp³-hybridized carbons (Fsp3) is 0.400. The van der Waals surface area contributed by atoms with Gasteiger partial charge in [-0.2, -0.15) is 0 Å². The van der Waals surface area contributed by atoms with E-state index in [9.17, 15) is 4.79 Å². The molecular weight excluding hydrogens is 256 g/mol. The molecule has 110 valence electrons. The highest BCUT2D eigenvalue weighted by atomic mass is 16.5. The van der Waals surface area contributed by atoms with Crippen molar-refractivity contribution in [1.82, 2.24) is 4.90 Å². The van der Waals surface area contributed by atoms with Gasteiger partial charge in [-0.1, -0.05) is 18.2 Å². The number of hydrogen-bond acceptors (Lipinski definition) is 3. The molecule has 1 aromatic carbocycles. The number of aliphatic hydroxyl groups is 1. The summed E-state index contributed by atoms with van der Waals surface area (Å²) in [7, 11) is 0. The van der Waals surface area contributed by atoms with Crippen LogP contribution in [0.3, 0.4) is 0 Å². The fourth-order valence-electron chi connectivity index (χ4n) is 1.66. The van der Waals surface area contributed by atoms with E-state index in [-0.39, 0.29) is 19.2 Å². The number of benzene rings is 1. The lowest BCUT2D eigenvalue weighted by Gasteiger charge is -2.20. The van der Waals surface area contributed by atoms with E-state index in [2.05, 4.69) is 11.9 Å². The van der Waals surface area contributed by atoms with E-state index < -0.39 is 0 Å². The summed E-state index contributed by atoms with van der Waals surface area (Å²) in [6.45, 7) is 7.39. The average Bonchev–Trinajstić information content (AvgIpc) is 2.46. The van der Waals surface area contributed by atoms with Gasteiger partial charge in [-0.3, -0.25) is 0 Å². The van der Waals surface area contributed by atoms with Crippen LogP contribution >= 0.6 is 0 Å². The molecule has 0 fully saturated rings. The molecule has 1 rings (SSSR count). The Bertz CT molecular complexity index is 418. The number of carbonyl (C=O) groups excluding carboxylic acids is 1. The van der Waals surface area contributed by atoms with Gasteiger partial charge in [0.15, 0.2) is 0 Å². The van der Waals surface area contributed by atoms with E-state index in [1.165, 1.54) is 4.90 Å². The maximum Gasteiger partial charge on any atom is 0.322 e. The quantitative estimate of drug-likeness (QED) is 0.717. The van der Waals surface area contributed by atoms with Gasteiger partial charge in [-0.05, 0) is 24.6 Å². The molecule has 0 heterocycles. The summed E-state index contributed by atoms with van der Waals surface area (Å²) in [6, 6.07) is 7.23. The molecule has 1 aromatic rings. The Hall–Kier alpha value is -1.85. The van der Waals surface area contributed by atoms with Crippen molar-refractivity contribution in [3.8, 4) is 0 Å². The lowest BCUT2D eigenvalue weighted by molar-refractivity contribution is 0.134. The van der Waals surface area contributed by atoms with Crippen molar-refractivity contribution in [2.24, 2.45) is 0 Å². The van der Waals surface area contributed by atoms with Crippen LogP contribution in [0.15, 0.2) is 36.9 Å². The summed E-state index contributed by atoms with van der Waals surface area (Å²) in [4.78, 5) is 13.5. The first kappa shape index (κ1) is 16.2. The van der Waals surface area contributed by atoms with E-state index in [0.717, 1.165) is 5.56 Å². The molecule has 0 aliphatic carbocycles. The lowest BCUT2D eigenvalue weighted by atomic mass is 10.2. The Morgan fingerprint density at radius 1 is 1.45 bits per heavy atom. The van der Waals surface area contributed by atoms with Gasteiger partial charge in [0.25, 0.3) is 0 Å². The van der Waals surface area contributed by atoms with Gasteiger partial charge in [-0.25, -0.2) is 4.79 Å². The van der Waals surface area contributed by atoms with Crippen LogP contribution in [0.1, 0.15) is 12.5 Å². The normalized spacial score (nSPS) is 10.1. The maximum absolute atomic E-state index is 12.0. The SMILES string of the molecule is C=CCN(CCO)C(=O)Nc1ccc(COCC)cc1. The van der Waals surface area contributed by atoms with Crippen molar-refractivity contribution in [3.05, 3.63) is 42.5 Å². The first-order valence-electron chi connectivity index (χ1n) is 6.65. The monoisotopic (exact) mass is 278 g/mol. The second kappa shape index (κ2) is 9.12. The zero-order chi connectivity index (χ0) is 14.8. The average molecular weight is 278 g/mol. The Morgan fingerprint density at radius 2 is 2.15 bits per heavy atom. The molecule has 0 bridgehead atoms. The van der Waals surface area contributed by atoms with Crippen molar-refractivity contribution >= 4 is 11.7 Å². The lowest BCUT2D eigenvalue weighted by Crippen LogP contribution is -2.37. The molecule has 0 unspecified atom stereocenters. The number of hydrogen-bond donors (Lipinski definition) is 2. The van der Waals surface area contributed by atoms with Crippen LogP contribution < -0.4 is 5.32 Å². The van der Waals surface area contributed by atoms with E-state index in [4.69, 9.17) is 9.84 Å². The number of anilines is 1. The van der Waals surface area contributed by atoms with E-state index in [1.54, 1.807) is 6.08 Å². The number of nitrogens with zero attached hydrogens (tertiary/aromatic N) is 1. The molecular formula is C15H22N2O3. The molecule has 0 spiro atoms. The van der Waals surface area contributed by atoms with Crippen molar-refractivity contribution in [2.45, 2.75) is 13.5 Å². The molecule has 20 heavy (non-hydrogen) atoms. The molecule has 0 atom stereocenters. The smallest absolute Gasteiger partial charge is 0.322 e. The number of urea groups is 1. The van der Waals surface area contributed by atoms with Gasteiger partial charge < -0.3 is 20.1 Å². The van der Waals surface area contributed by atoms with Crippen LogP contribution in [-0.2, 0) is 11.3 Å². The zero-order valence-corrected chi connectivity index (χ0v) is 11.8. The Morgan fingerprint density at radius 3 is 2.70 bits per heavy atom. The maximum atomic E-state index is 12.0. The van der Waals surface area contributed by atoms with Crippen molar-refractivity contribution in [3.63, 3.8) is 0 Å². The van der Waals surface area contributed by atoms with Crippen molar-refractivity contribution in [2.75, 3.05) is 31.6 Å². The third-order valence-electron chi connectivity index (χ3n) is 2.68. The summed E-state index contributed by atoms with van der Waals surface area (Å²) in [5.74, 6) is 0. The summed E-state index contributed by atoms with van der Waals surface area (Å²) in [5, 5.41) is 11.7. The first-order chi connectivity index (χ1) is 9.71. The number of amides is 2. The van der Waals surface area contributed by atoms with Gasteiger partial charge in [-0.15, -0.1) is 6.58 Å². The van der Waals surface area contributed by atoms with Gasteiger partial charge in [0.1, 0.15) is 0 Å². The fourth-order valence-corrected chi connectivity index (χ4v) is 1.66. The van der Waals surface area contributed by atoms with Crippen molar-refractivity contribution in [1.29, 1.82) is 0 Å². The molecule has 0 aliphatic heterocycles. The zero-order valence-electron chi connectivity index (χ0n) is 11.8. The highest BCUT2D eigenvalue weighted by Crippen LogP contribution is 2.11. The molecule has 0 saturated heterocycles. The van der Waals surface area contributed by atoms with Gasteiger partial charge in [0, 0.05) is 25.4 Å². The van der Waals surface area contributed by atoms with E-state index in [0.29, 0.717) is 25.4 Å². The Kier molecular flexibility index (Phi) is 7.39. The van der Waals surface area contributed by atoms with Crippen LogP contribution in [0.25, 0.3) is 0 Å². The molecule has 0 aromatic heterocycles. The molecule has 5 heteroatoms. The van der Waals surface area contributed by atoms with Crippen LogP contribution in [0.5, 0.6) is 0 Å². The number of nitrogens with one attached hydrogen (secondary N) is 1. The highest BCUT2D eigenvalue weighted by molar-refractivity contribution is 5.89. The number of aliphatic hydroxyl groups excluding tert-OH is 1.